The second-order valence-electron chi connectivity index (χ2n) is 6.63. The number of hydrogen-bond acceptors (Lipinski definition) is 4. The number of fused-ring (bicyclic) bond motifs is 3. The largest absolute Gasteiger partial charge is 0.435 e. The highest BCUT2D eigenvalue weighted by molar-refractivity contribution is 14.2. The number of rotatable bonds is 5. The van der Waals surface area contributed by atoms with Crippen LogP contribution in [0.3, 0.4) is 0 Å². The fourth-order valence-electron chi connectivity index (χ4n) is 3.23. The van der Waals surface area contributed by atoms with Crippen LogP contribution in [-0.4, -0.2) is 38.9 Å². The van der Waals surface area contributed by atoms with Gasteiger partial charge in [-0.2, -0.15) is 22.7 Å². The molecule has 0 saturated carbocycles. The summed E-state index contributed by atoms with van der Waals surface area (Å²) in [5.74, 6) is 0.0504. The first-order chi connectivity index (χ1) is 14.2. The molecule has 30 heavy (non-hydrogen) atoms. The molecule has 13 heteroatoms. The monoisotopic (exact) mass is 652 g/mol. The molecular weight excluding hydrogens is 637 g/mol. The summed E-state index contributed by atoms with van der Waals surface area (Å²) in [6.45, 7) is 0.633. The molecule has 0 saturated heterocycles. The van der Waals surface area contributed by atoms with Gasteiger partial charge in [0.1, 0.15) is 11.5 Å². The zero-order valence-electron chi connectivity index (χ0n) is 15.2. The van der Waals surface area contributed by atoms with Crippen LogP contribution in [0, 0.1) is 0 Å². The molecule has 2 aromatic rings. The van der Waals surface area contributed by atoms with Crippen molar-refractivity contribution in [1.29, 1.82) is 0 Å². The second kappa shape index (κ2) is 8.29. The molecule has 2 aliphatic heterocycles. The first kappa shape index (κ1) is 21.9. The van der Waals surface area contributed by atoms with E-state index in [4.69, 9.17) is 5.73 Å². The predicted octanol–water partition coefficient (Wildman–Crippen LogP) is 3.99. The fourth-order valence-corrected chi connectivity index (χ4v) is 8.19. The first-order valence-corrected chi connectivity index (χ1v) is 13.4. The van der Waals surface area contributed by atoms with E-state index in [9.17, 15) is 22.0 Å². The van der Waals surface area contributed by atoms with Crippen molar-refractivity contribution >= 4 is 49.7 Å². The lowest BCUT2D eigenvalue weighted by molar-refractivity contribution is -0.141. The van der Waals surface area contributed by atoms with Gasteiger partial charge in [-0.15, -0.1) is 10.2 Å². The van der Waals surface area contributed by atoms with Gasteiger partial charge in [-0.1, -0.05) is 25.2 Å². The van der Waals surface area contributed by atoms with Crippen molar-refractivity contribution in [1.82, 2.24) is 24.5 Å². The van der Waals surface area contributed by atoms with Crippen molar-refractivity contribution in [2.24, 2.45) is 5.73 Å². The van der Waals surface area contributed by atoms with Gasteiger partial charge in [-0.05, 0) is 39.3 Å². The number of nitrogens with zero attached hydrogens (tertiary/aromatic N) is 5. The van der Waals surface area contributed by atoms with E-state index in [0.717, 1.165) is 13.2 Å². The molecule has 0 radical (unpaired) electrons. The highest BCUT2D eigenvalue weighted by atomic mass is 127. The summed E-state index contributed by atoms with van der Waals surface area (Å²) >= 11 is -1.88. The summed E-state index contributed by atoms with van der Waals surface area (Å²) in [6, 6.07) is 0.558. The lowest BCUT2D eigenvalue weighted by atomic mass is 10.1. The zero-order chi connectivity index (χ0) is 21.6. The molecule has 0 bridgehead atoms. The van der Waals surface area contributed by atoms with Crippen LogP contribution < -0.4 is 5.73 Å². The molecule has 4 heterocycles. The third-order valence-electron chi connectivity index (χ3n) is 4.58. The maximum absolute atomic E-state index is 13.7. The number of allylic oxidation sites excluding steroid dienone is 3. The third-order valence-corrected chi connectivity index (χ3v) is 10.1. The van der Waals surface area contributed by atoms with E-state index in [2.05, 4.69) is 19.8 Å². The SMILES string of the molecule is C=IC1=C(C[C@@H](N)Cc2nnc3n2CCn2nc(C(F)(F)F)cc2-3)I=C(F)C(F)=C1. The maximum atomic E-state index is 13.7. The summed E-state index contributed by atoms with van der Waals surface area (Å²) in [4.78, 5) is 0. The number of nitrogens with two attached hydrogens (primary N) is 1. The van der Waals surface area contributed by atoms with Crippen molar-refractivity contribution in [2.45, 2.75) is 38.1 Å². The van der Waals surface area contributed by atoms with Crippen molar-refractivity contribution in [3.05, 3.63) is 36.6 Å². The first-order valence-electron chi connectivity index (χ1n) is 8.66. The van der Waals surface area contributed by atoms with Crippen LogP contribution in [0.15, 0.2) is 25.1 Å². The van der Waals surface area contributed by atoms with Crippen molar-refractivity contribution in [3.63, 3.8) is 0 Å². The van der Waals surface area contributed by atoms with Crippen LogP contribution in [0.4, 0.5) is 22.0 Å². The summed E-state index contributed by atoms with van der Waals surface area (Å²) in [6.07, 6.45) is -2.60. The minimum atomic E-state index is -4.54. The topological polar surface area (TPSA) is 74.5 Å². The Balaban J connectivity index is 1.55. The maximum Gasteiger partial charge on any atom is 0.435 e. The minimum absolute atomic E-state index is 0.253. The van der Waals surface area contributed by atoms with Gasteiger partial charge in [0.15, 0.2) is 21.1 Å². The summed E-state index contributed by atoms with van der Waals surface area (Å²) < 4.78 is 74.0. The molecule has 6 nitrogen and oxygen atoms in total. The lowest BCUT2D eigenvalue weighted by Crippen LogP contribution is -2.27. The van der Waals surface area contributed by atoms with Gasteiger partial charge in [0.05, 0.1) is 6.54 Å². The highest BCUT2D eigenvalue weighted by Gasteiger charge is 2.36. The Hall–Kier alpha value is -1.36. The quantitative estimate of drug-likeness (QED) is 0.392. The van der Waals surface area contributed by atoms with Crippen molar-refractivity contribution < 1.29 is 22.0 Å². The summed E-state index contributed by atoms with van der Waals surface area (Å²) in [5, 5.41) is 11.8. The standard InChI is InChI=1S/C17H15F5I2N6/c1-23-10-6-9(18)15(19)24-11(10)4-8(25)5-14-26-27-16-12-7-13(17(20,21)22)28-30(12)3-2-29(14)16/h6-8H,1-5,25H2/t8-/m1/s1. The molecule has 0 aromatic carbocycles. The van der Waals surface area contributed by atoms with E-state index in [1.165, 1.54) is 10.8 Å². The van der Waals surface area contributed by atoms with E-state index in [1.54, 1.807) is 4.57 Å². The Kier molecular flexibility index (Phi) is 6.04. The molecule has 2 aliphatic rings. The van der Waals surface area contributed by atoms with E-state index in [1.807, 2.05) is 0 Å². The summed E-state index contributed by atoms with van der Waals surface area (Å²) in [5.41, 5.74) is 5.55. The van der Waals surface area contributed by atoms with Crippen LogP contribution >= 0.6 is 41.5 Å². The molecule has 2 aromatic heterocycles. The zero-order valence-corrected chi connectivity index (χ0v) is 19.5. The van der Waals surface area contributed by atoms with Crippen LogP contribution in [0.2, 0.25) is 0 Å². The average Bonchev–Trinajstić information content (AvgIpc) is 3.28. The smallest absolute Gasteiger partial charge is 0.327 e. The molecule has 0 unspecified atom stereocenters. The predicted molar refractivity (Wildman–Crippen MR) is 120 cm³/mol. The lowest BCUT2D eigenvalue weighted by Gasteiger charge is -2.19. The van der Waals surface area contributed by atoms with E-state index in [0.29, 0.717) is 31.0 Å². The highest BCUT2D eigenvalue weighted by Crippen LogP contribution is 2.38. The average molecular weight is 652 g/mol. The molecule has 0 fully saturated rings. The van der Waals surface area contributed by atoms with E-state index < -0.39 is 69.0 Å². The Morgan fingerprint density at radius 2 is 2.00 bits per heavy atom. The molecular formula is C17H15F5I2N6. The van der Waals surface area contributed by atoms with Gasteiger partial charge in [-0.3, -0.25) is 4.68 Å². The van der Waals surface area contributed by atoms with Crippen molar-refractivity contribution in [3.8, 4) is 11.5 Å². The number of alkyl halides is 3. The number of hydrogen-bond donors (Lipinski definition) is 1. The van der Waals surface area contributed by atoms with Crippen LogP contribution in [-0.2, 0) is 25.7 Å². The number of aromatic nitrogens is 5. The van der Waals surface area contributed by atoms with Gasteiger partial charge in [0, 0.05) is 26.2 Å². The second-order valence-corrected chi connectivity index (χ2v) is 11.3. The normalized spacial score (nSPS) is 17.7. The molecule has 4 rings (SSSR count). The fraction of sp³-hybridized carbons (Fsp3) is 0.353. The Bertz CT molecular complexity index is 1110. The third kappa shape index (κ3) is 4.19. The van der Waals surface area contributed by atoms with Crippen LogP contribution in [0.25, 0.3) is 11.5 Å². The summed E-state index contributed by atoms with van der Waals surface area (Å²) in [7, 11) is 0. The number of aryl methyl sites for hydroxylation is 1. The van der Waals surface area contributed by atoms with Gasteiger partial charge in [0.2, 0.25) is 0 Å². The van der Waals surface area contributed by atoms with Gasteiger partial charge >= 0.3 is 6.18 Å². The Morgan fingerprint density at radius 1 is 1.23 bits per heavy atom. The Morgan fingerprint density at radius 3 is 2.70 bits per heavy atom. The molecule has 2 N–H and O–H groups in total. The van der Waals surface area contributed by atoms with Gasteiger partial charge in [-0.25, -0.2) is 4.39 Å². The van der Waals surface area contributed by atoms with Gasteiger partial charge < -0.3 is 10.3 Å². The Labute approximate surface area is 187 Å². The van der Waals surface area contributed by atoms with Crippen LogP contribution in [0.1, 0.15) is 17.9 Å². The minimum Gasteiger partial charge on any atom is -0.327 e. The van der Waals surface area contributed by atoms with Crippen molar-refractivity contribution in [2.75, 3.05) is 0 Å². The molecule has 1 atom stereocenters. The molecule has 162 valence electrons. The van der Waals surface area contributed by atoms with E-state index in [-0.39, 0.29) is 12.2 Å². The number of halogens is 7. The molecule has 0 spiro atoms. The van der Waals surface area contributed by atoms with E-state index >= 15 is 0 Å². The molecule has 0 aliphatic carbocycles. The molecule has 0 amide bonds. The van der Waals surface area contributed by atoms with Gasteiger partial charge in [0.25, 0.3) is 0 Å². The van der Waals surface area contributed by atoms with Crippen LogP contribution in [0.5, 0.6) is 0 Å².